The Kier molecular flexibility index (Phi) is 4.26. The largest absolute Gasteiger partial charge is 0.459 e. The molecule has 3 heterocycles. The van der Waals surface area contributed by atoms with Gasteiger partial charge in [0.15, 0.2) is 5.65 Å². The summed E-state index contributed by atoms with van der Waals surface area (Å²) in [7, 11) is 0. The molecule has 0 spiro atoms. The molecule has 4 rings (SSSR count). The third kappa shape index (κ3) is 2.69. The number of carbonyl (C=O) groups excluding carboxylic acids is 2. The number of fused-ring (bicyclic) bond motifs is 3. The first kappa shape index (κ1) is 16.8. The van der Waals surface area contributed by atoms with E-state index in [9.17, 15) is 9.59 Å². The van der Waals surface area contributed by atoms with Gasteiger partial charge >= 0.3 is 11.9 Å². The summed E-state index contributed by atoms with van der Waals surface area (Å²) in [6.07, 6.45) is 7.45. The number of aryl methyl sites for hydroxylation is 1. The van der Waals surface area contributed by atoms with E-state index in [2.05, 4.69) is 20.3 Å². The molecule has 8 heteroatoms. The molecule has 0 atom stereocenters. The van der Waals surface area contributed by atoms with Crippen LogP contribution in [0.25, 0.3) is 5.65 Å². The molecule has 8 nitrogen and oxygen atoms in total. The SMILES string of the molecule is CCOC(=O)C(=O)Nc1cnn2c3c(c(C)nc12)CCN3C1CCCC1. The number of carbonyl (C=O) groups is 2. The van der Waals surface area contributed by atoms with Gasteiger partial charge in [0.2, 0.25) is 0 Å². The fraction of sp³-hybridized carbons (Fsp3) is 0.556. The molecule has 0 unspecified atom stereocenters. The first-order chi connectivity index (χ1) is 12.6. The molecule has 0 aromatic carbocycles. The number of nitrogens with zero attached hydrogens (tertiary/aromatic N) is 4. The Morgan fingerprint density at radius 2 is 2.12 bits per heavy atom. The van der Waals surface area contributed by atoms with Crippen molar-refractivity contribution in [3.05, 3.63) is 17.5 Å². The summed E-state index contributed by atoms with van der Waals surface area (Å²) in [6.45, 7) is 4.78. The van der Waals surface area contributed by atoms with Gasteiger partial charge < -0.3 is 15.0 Å². The molecule has 1 aliphatic carbocycles. The molecule has 1 amide bonds. The normalized spacial score (nSPS) is 16.9. The third-order valence-corrected chi connectivity index (χ3v) is 5.27. The van der Waals surface area contributed by atoms with Crippen LogP contribution in [0, 0.1) is 6.92 Å². The predicted octanol–water partition coefficient (Wildman–Crippen LogP) is 1.84. The summed E-state index contributed by atoms with van der Waals surface area (Å²) < 4.78 is 6.54. The fourth-order valence-electron chi connectivity index (χ4n) is 4.08. The lowest BCUT2D eigenvalue weighted by Gasteiger charge is -2.27. The topological polar surface area (TPSA) is 88.8 Å². The van der Waals surface area contributed by atoms with E-state index >= 15 is 0 Å². The zero-order valence-electron chi connectivity index (χ0n) is 15.1. The predicted molar refractivity (Wildman–Crippen MR) is 96.3 cm³/mol. The van der Waals surface area contributed by atoms with Gasteiger partial charge in [-0.15, -0.1) is 0 Å². The van der Waals surface area contributed by atoms with Crippen LogP contribution in [-0.2, 0) is 20.7 Å². The van der Waals surface area contributed by atoms with Crippen LogP contribution in [0.1, 0.15) is 43.9 Å². The minimum atomic E-state index is -0.905. The second-order valence-corrected chi connectivity index (χ2v) is 6.85. The van der Waals surface area contributed by atoms with Crippen molar-refractivity contribution in [2.75, 3.05) is 23.4 Å². The first-order valence-corrected chi connectivity index (χ1v) is 9.22. The molecule has 2 aliphatic rings. The number of hydrogen-bond donors (Lipinski definition) is 1. The zero-order valence-corrected chi connectivity index (χ0v) is 15.1. The monoisotopic (exact) mass is 357 g/mol. The maximum atomic E-state index is 12.0. The van der Waals surface area contributed by atoms with Crippen LogP contribution >= 0.6 is 0 Å². The standard InChI is InChI=1S/C18H23N5O3/c1-3-26-18(25)16(24)21-14-10-19-23-15(14)20-11(2)13-8-9-22(17(13)23)12-6-4-5-7-12/h10,12H,3-9H2,1-2H3,(H,21,24). The Hall–Kier alpha value is -2.64. The summed E-state index contributed by atoms with van der Waals surface area (Å²) in [5.74, 6) is -0.636. The van der Waals surface area contributed by atoms with E-state index in [0.29, 0.717) is 17.4 Å². The highest BCUT2D eigenvalue weighted by Crippen LogP contribution is 2.37. The number of rotatable bonds is 3. The van der Waals surface area contributed by atoms with Crippen LogP contribution in [0.2, 0.25) is 0 Å². The Morgan fingerprint density at radius 3 is 2.85 bits per heavy atom. The van der Waals surface area contributed by atoms with E-state index < -0.39 is 11.9 Å². The minimum absolute atomic E-state index is 0.155. The molecule has 2 aromatic heterocycles. The molecule has 2 aromatic rings. The van der Waals surface area contributed by atoms with E-state index in [0.717, 1.165) is 24.5 Å². The number of aromatic nitrogens is 3. The van der Waals surface area contributed by atoms with Gasteiger partial charge in [0, 0.05) is 23.8 Å². The number of esters is 1. The summed E-state index contributed by atoms with van der Waals surface area (Å²) in [5, 5.41) is 7.03. The quantitative estimate of drug-likeness (QED) is 0.666. The molecule has 0 saturated heterocycles. The van der Waals surface area contributed by atoms with E-state index in [1.807, 2.05) is 6.92 Å². The highest BCUT2D eigenvalue weighted by Gasteiger charge is 2.33. The van der Waals surface area contributed by atoms with E-state index in [4.69, 9.17) is 4.74 Å². The maximum absolute atomic E-state index is 12.0. The molecule has 26 heavy (non-hydrogen) atoms. The van der Waals surface area contributed by atoms with Gasteiger partial charge in [0.25, 0.3) is 0 Å². The summed E-state index contributed by atoms with van der Waals surface area (Å²) in [6, 6.07) is 0.544. The van der Waals surface area contributed by atoms with Gasteiger partial charge in [-0.2, -0.15) is 9.61 Å². The number of ether oxygens (including phenoxy) is 1. The maximum Gasteiger partial charge on any atom is 0.397 e. The van der Waals surface area contributed by atoms with Gasteiger partial charge in [0.1, 0.15) is 11.5 Å². The van der Waals surface area contributed by atoms with Crippen LogP contribution in [0.15, 0.2) is 6.20 Å². The van der Waals surface area contributed by atoms with Crippen molar-refractivity contribution in [1.29, 1.82) is 0 Å². The molecule has 1 N–H and O–H groups in total. The molecular formula is C18H23N5O3. The molecule has 138 valence electrons. The van der Waals surface area contributed by atoms with Gasteiger partial charge in [-0.05, 0) is 33.1 Å². The summed E-state index contributed by atoms with van der Waals surface area (Å²) in [5.41, 5.74) is 3.15. The zero-order chi connectivity index (χ0) is 18.3. The summed E-state index contributed by atoms with van der Waals surface area (Å²) in [4.78, 5) is 30.6. The average Bonchev–Trinajstić information content (AvgIpc) is 3.34. The van der Waals surface area contributed by atoms with Crippen molar-refractivity contribution in [2.24, 2.45) is 0 Å². The van der Waals surface area contributed by atoms with Crippen molar-refractivity contribution >= 4 is 29.0 Å². The van der Waals surface area contributed by atoms with Crippen molar-refractivity contribution in [1.82, 2.24) is 14.6 Å². The lowest BCUT2D eigenvalue weighted by molar-refractivity contribution is -0.152. The van der Waals surface area contributed by atoms with Gasteiger partial charge in [0.05, 0.1) is 12.8 Å². The summed E-state index contributed by atoms with van der Waals surface area (Å²) >= 11 is 0. The average molecular weight is 357 g/mol. The van der Waals surface area contributed by atoms with Crippen molar-refractivity contribution in [3.8, 4) is 0 Å². The van der Waals surface area contributed by atoms with Crippen LogP contribution < -0.4 is 10.2 Å². The second kappa shape index (κ2) is 6.59. The molecule has 0 radical (unpaired) electrons. The van der Waals surface area contributed by atoms with Gasteiger partial charge in [-0.3, -0.25) is 4.79 Å². The highest BCUT2D eigenvalue weighted by molar-refractivity contribution is 6.37. The Morgan fingerprint density at radius 1 is 1.35 bits per heavy atom. The molecule has 1 aliphatic heterocycles. The second-order valence-electron chi connectivity index (χ2n) is 6.85. The molecule has 1 saturated carbocycles. The Balaban J connectivity index is 1.71. The van der Waals surface area contributed by atoms with Gasteiger partial charge in [-0.25, -0.2) is 9.78 Å². The number of hydrogen-bond acceptors (Lipinski definition) is 6. The van der Waals surface area contributed by atoms with Crippen LogP contribution in [0.5, 0.6) is 0 Å². The lowest BCUT2D eigenvalue weighted by atomic mass is 10.2. The number of amides is 1. The van der Waals surface area contributed by atoms with Crippen molar-refractivity contribution in [3.63, 3.8) is 0 Å². The van der Waals surface area contributed by atoms with E-state index in [1.165, 1.54) is 31.2 Å². The Labute approximate surface area is 151 Å². The van der Waals surface area contributed by atoms with Crippen molar-refractivity contribution < 1.29 is 14.3 Å². The minimum Gasteiger partial charge on any atom is -0.459 e. The van der Waals surface area contributed by atoms with Crippen molar-refractivity contribution in [2.45, 2.75) is 52.0 Å². The molecule has 0 bridgehead atoms. The number of nitrogens with one attached hydrogen (secondary N) is 1. The fourth-order valence-corrected chi connectivity index (χ4v) is 4.08. The highest BCUT2D eigenvalue weighted by atomic mass is 16.5. The third-order valence-electron chi connectivity index (χ3n) is 5.27. The van der Waals surface area contributed by atoms with E-state index in [-0.39, 0.29) is 6.61 Å². The molecule has 1 fully saturated rings. The van der Waals surface area contributed by atoms with Crippen LogP contribution in [-0.4, -0.2) is 45.7 Å². The Bertz CT molecular complexity index is 869. The number of anilines is 2. The van der Waals surface area contributed by atoms with Gasteiger partial charge in [-0.1, -0.05) is 12.8 Å². The smallest absolute Gasteiger partial charge is 0.397 e. The van der Waals surface area contributed by atoms with Crippen LogP contribution in [0.4, 0.5) is 11.5 Å². The molecular weight excluding hydrogens is 334 g/mol. The van der Waals surface area contributed by atoms with Crippen LogP contribution in [0.3, 0.4) is 0 Å². The van der Waals surface area contributed by atoms with E-state index in [1.54, 1.807) is 17.6 Å². The lowest BCUT2D eigenvalue weighted by Crippen LogP contribution is -2.32. The first-order valence-electron chi connectivity index (χ1n) is 9.22.